The second-order valence-corrected chi connectivity index (χ2v) is 5.25. The number of H-pyrrole nitrogens is 1. The zero-order valence-corrected chi connectivity index (χ0v) is 14.0. The normalized spacial score (nSPS) is 15.2. The van der Waals surface area contributed by atoms with Crippen molar-refractivity contribution in [3.05, 3.63) is 35.5 Å². The number of guanidine groups is 1. The van der Waals surface area contributed by atoms with Crippen LogP contribution in [-0.4, -0.2) is 23.5 Å². The summed E-state index contributed by atoms with van der Waals surface area (Å²) in [6.07, 6.45) is 5.44. The number of fused-ring (bicyclic) bond motifs is 1. The number of benzene rings is 1. The molecular weight excluding hydrogens is 363 g/mol. The van der Waals surface area contributed by atoms with Crippen LogP contribution in [-0.2, 0) is 6.42 Å². The minimum atomic E-state index is 0. The summed E-state index contributed by atoms with van der Waals surface area (Å²) in [5.41, 5.74) is 9.65. The third kappa shape index (κ3) is 3.45. The highest BCUT2D eigenvalue weighted by atomic mass is 127. The first-order chi connectivity index (χ1) is 9.24. The molecule has 1 saturated carbocycles. The molecule has 4 nitrogen and oxygen atoms in total. The van der Waals surface area contributed by atoms with Crippen molar-refractivity contribution < 1.29 is 0 Å². The van der Waals surface area contributed by atoms with Gasteiger partial charge in [-0.05, 0) is 43.4 Å². The summed E-state index contributed by atoms with van der Waals surface area (Å²) in [4.78, 5) is 7.70. The maximum absolute atomic E-state index is 5.83. The van der Waals surface area contributed by atoms with E-state index in [9.17, 15) is 0 Å². The highest BCUT2D eigenvalue weighted by molar-refractivity contribution is 14.0. The fourth-order valence-electron chi connectivity index (χ4n) is 2.43. The fraction of sp³-hybridized carbons (Fsp3) is 0.400. The molecule has 108 valence electrons. The molecule has 0 amide bonds. The molecule has 0 aliphatic heterocycles. The molecule has 5 heteroatoms. The minimum Gasteiger partial charge on any atom is -0.370 e. The average Bonchev–Trinajstić information content (AvgIpc) is 3.09. The highest BCUT2D eigenvalue weighted by Crippen LogP contribution is 2.22. The van der Waals surface area contributed by atoms with E-state index >= 15 is 0 Å². The molecule has 4 N–H and O–H groups in total. The van der Waals surface area contributed by atoms with E-state index in [4.69, 9.17) is 5.73 Å². The molecule has 1 aliphatic carbocycles. The standard InChI is InChI=1S/C15H20N4.HI/c1-10-3-2-4-13-14(10)11(9-18-13)7-8-17-15(16)19-12-5-6-12;/h2-4,9,12,18H,5-8H2,1H3,(H3,16,17,19);1H. The summed E-state index contributed by atoms with van der Waals surface area (Å²) in [7, 11) is 0. The van der Waals surface area contributed by atoms with Crippen LogP contribution in [0.25, 0.3) is 10.9 Å². The predicted molar refractivity (Wildman–Crippen MR) is 94.8 cm³/mol. The maximum Gasteiger partial charge on any atom is 0.188 e. The van der Waals surface area contributed by atoms with Crippen molar-refractivity contribution >= 4 is 40.8 Å². The molecule has 1 fully saturated rings. The molecule has 1 aliphatic rings. The topological polar surface area (TPSA) is 66.2 Å². The number of aromatic amines is 1. The maximum atomic E-state index is 5.83. The van der Waals surface area contributed by atoms with Crippen molar-refractivity contribution in [1.29, 1.82) is 0 Å². The molecule has 1 aromatic heterocycles. The molecule has 3 rings (SSSR count). The lowest BCUT2D eigenvalue weighted by atomic mass is 10.1. The predicted octanol–water partition coefficient (Wildman–Crippen LogP) is 2.70. The van der Waals surface area contributed by atoms with Crippen molar-refractivity contribution in [3.8, 4) is 0 Å². The van der Waals surface area contributed by atoms with Crippen LogP contribution in [0.15, 0.2) is 29.4 Å². The second kappa shape index (κ2) is 6.47. The van der Waals surface area contributed by atoms with Crippen molar-refractivity contribution in [2.24, 2.45) is 10.7 Å². The van der Waals surface area contributed by atoms with Gasteiger partial charge in [-0.25, -0.2) is 0 Å². The van der Waals surface area contributed by atoms with Crippen molar-refractivity contribution in [2.75, 3.05) is 6.54 Å². The molecule has 0 bridgehead atoms. The number of aromatic nitrogens is 1. The van der Waals surface area contributed by atoms with Crippen LogP contribution < -0.4 is 11.1 Å². The number of nitrogens with two attached hydrogens (primary N) is 1. The Labute approximate surface area is 136 Å². The largest absolute Gasteiger partial charge is 0.370 e. The first-order valence-corrected chi connectivity index (χ1v) is 6.86. The number of halogens is 1. The molecule has 0 radical (unpaired) electrons. The molecule has 2 aromatic rings. The SMILES string of the molecule is Cc1cccc2[nH]cc(CCN=C(N)NC3CC3)c12.I. The zero-order valence-electron chi connectivity index (χ0n) is 11.6. The van der Waals surface area contributed by atoms with E-state index in [0.29, 0.717) is 12.0 Å². The smallest absolute Gasteiger partial charge is 0.188 e. The van der Waals surface area contributed by atoms with Gasteiger partial charge in [0.2, 0.25) is 0 Å². The summed E-state index contributed by atoms with van der Waals surface area (Å²) in [6.45, 7) is 2.87. The Morgan fingerprint density at radius 2 is 2.25 bits per heavy atom. The Kier molecular flexibility index (Phi) is 4.91. The number of nitrogens with one attached hydrogen (secondary N) is 2. The lowest BCUT2D eigenvalue weighted by Crippen LogP contribution is -2.33. The molecule has 20 heavy (non-hydrogen) atoms. The molecule has 0 spiro atoms. The van der Waals surface area contributed by atoms with Gasteiger partial charge in [0.1, 0.15) is 0 Å². The summed E-state index contributed by atoms with van der Waals surface area (Å²) >= 11 is 0. The third-order valence-corrected chi connectivity index (χ3v) is 3.59. The van der Waals surface area contributed by atoms with Gasteiger partial charge in [0.05, 0.1) is 0 Å². The van der Waals surface area contributed by atoms with Gasteiger partial charge < -0.3 is 16.0 Å². The van der Waals surface area contributed by atoms with Crippen LogP contribution in [0.1, 0.15) is 24.0 Å². The highest BCUT2D eigenvalue weighted by Gasteiger charge is 2.21. The van der Waals surface area contributed by atoms with Crippen LogP contribution in [0, 0.1) is 6.92 Å². The van der Waals surface area contributed by atoms with Gasteiger partial charge in [-0.1, -0.05) is 12.1 Å². The van der Waals surface area contributed by atoms with Crippen LogP contribution in [0.5, 0.6) is 0 Å². The zero-order chi connectivity index (χ0) is 13.2. The summed E-state index contributed by atoms with van der Waals surface area (Å²) in [5.74, 6) is 0.582. The van der Waals surface area contributed by atoms with Gasteiger partial charge in [0, 0.05) is 29.7 Å². The quantitative estimate of drug-likeness (QED) is 0.431. The van der Waals surface area contributed by atoms with E-state index < -0.39 is 0 Å². The van der Waals surface area contributed by atoms with E-state index in [0.717, 1.165) is 13.0 Å². The number of hydrogen-bond donors (Lipinski definition) is 3. The Hall–Kier alpha value is -1.24. The van der Waals surface area contributed by atoms with Gasteiger partial charge in [0.25, 0.3) is 0 Å². The van der Waals surface area contributed by atoms with E-state index in [1.165, 1.54) is 34.9 Å². The Morgan fingerprint density at radius 1 is 1.45 bits per heavy atom. The van der Waals surface area contributed by atoms with Crippen LogP contribution >= 0.6 is 24.0 Å². The first kappa shape index (κ1) is 15.2. The summed E-state index contributed by atoms with van der Waals surface area (Å²) < 4.78 is 0. The van der Waals surface area contributed by atoms with Gasteiger partial charge in [-0.15, -0.1) is 24.0 Å². The number of rotatable bonds is 4. The Bertz CT molecular complexity index is 613. The minimum absolute atomic E-state index is 0. The monoisotopic (exact) mass is 384 g/mol. The third-order valence-electron chi connectivity index (χ3n) is 3.59. The molecule has 0 saturated heterocycles. The van der Waals surface area contributed by atoms with E-state index in [1.807, 2.05) is 0 Å². The van der Waals surface area contributed by atoms with Crippen LogP contribution in [0.2, 0.25) is 0 Å². The lowest BCUT2D eigenvalue weighted by Gasteiger charge is -2.03. The molecular formula is C15H21IN4. The number of hydrogen-bond acceptors (Lipinski definition) is 1. The van der Waals surface area contributed by atoms with Gasteiger partial charge in [0.15, 0.2) is 5.96 Å². The number of aryl methyl sites for hydroxylation is 1. The average molecular weight is 384 g/mol. The Balaban J connectivity index is 0.00000147. The van der Waals surface area contributed by atoms with Crippen LogP contribution in [0.3, 0.4) is 0 Å². The van der Waals surface area contributed by atoms with Gasteiger partial charge in [-0.2, -0.15) is 0 Å². The Morgan fingerprint density at radius 3 is 3.00 bits per heavy atom. The van der Waals surface area contributed by atoms with Crippen LogP contribution in [0.4, 0.5) is 0 Å². The van der Waals surface area contributed by atoms with Gasteiger partial charge in [-0.3, -0.25) is 4.99 Å². The second-order valence-electron chi connectivity index (χ2n) is 5.25. The van der Waals surface area contributed by atoms with E-state index in [2.05, 4.69) is 46.6 Å². The van der Waals surface area contributed by atoms with E-state index in [1.54, 1.807) is 0 Å². The number of aliphatic imine (C=N–C) groups is 1. The summed E-state index contributed by atoms with van der Waals surface area (Å²) in [6, 6.07) is 6.90. The number of nitrogens with zero attached hydrogens (tertiary/aromatic N) is 1. The molecule has 0 atom stereocenters. The summed E-state index contributed by atoms with van der Waals surface area (Å²) in [5, 5.41) is 4.53. The van der Waals surface area contributed by atoms with Crippen molar-refractivity contribution in [3.63, 3.8) is 0 Å². The first-order valence-electron chi connectivity index (χ1n) is 6.86. The van der Waals surface area contributed by atoms with Crippen molar-refractivity contribution in [2.45, 2.75) is 32.2 Å². The molecule has 1 aromatic carbocycles. The van der Waals surface area contributed by atoms with E-state index in [-0.39, 0.29) is 24.0 Å². The molecule has 1 heterocycles. The molecule has 0 unspecified atom stereocenters. The van der Waals surface area contributed by atoms with Crippen molar-refractivity contribution in [1.82, 2.24) is 10.3 Å². The van der Waals surface area contributed by atoms with Gasteiger partial charge >= 0.3 is 0 Å². The lowest BCUT2D eigenvalue weighted by molar-refractivity contribution is 0.871. The fourth-order valence-corrected chi connectivity index (χ4v) is 2.43.